The van der Waals surface area contributed by atoms with E-state index in [0.717, 1.165) is 44.6 Å². The van der Waals surface area contributed by atoms with Gasteiger partial charge in [-0.3, -0.25) is 9.69 Å². The number of phenols is 1. The predicted molar refractivity (Wildman–Crippen MR) is 97.6 cm³/mol. The van der Waals surface area contributed by atoms with Crippen LogP contribution in [-0.2, 0) is 16.0 Å². The number of nitrogens with zero attached hydrogens (tertiary/aromatic N) is 2. The van der Waals surface area contributed by atoms with E-state index in [9.17, 15) is 9.90 Å². The molecule has 0 bridgehead atoms. The average Bonchev–Trinajstić information content (AvgIpc) is 3.01. The van der Waals surface area contributed by atoms with Gasteiger partial charge in [0.1, 0.15) is 5.75 Å². The number of morpholine rings is 1. The van der Waals surface area contributed by atoms with Crippen LogP contribution in [0.4, 0.5) is 0 Å². The largest absolute Gasteiger partial charge is 0.508 e. The Morgan fingerprint density at radius 3 is 2.68 bits per heavy atom. The van der Waals surface area contributed by atoms with Gasteiger partial charge in [0, 0.05) is 38.6 Å². The number of aromatic hydroxyl groups is 1. The van der Waals surface area contributed by atoms with Crippen LogP contribution in [0.5, 0.6) is 5.75 Å². The van der Waals surface area contributed by atoms with Crippen LogP contribution in [0, 0.1) is 0 Å². The molecule has 3 atom stereocenters. The summed E-state index contributed by atoms with van der Waals surface area (Å²) in [6.07, 6.45) is 3.75. The van der Waals surface area contributed by atoms with Gasteiger partial charge in [-0.05, 0) is 44.7 Å². The first-order valence-corrected chi connectivity index (χ1v) is 9.47. The minimum atomic E-state index is 0.208. The Bertz CT molecular complexity index is 582. The number of phenolic OH excluding ortho intramolecular Hbond substituents is 1. The molecule has 1 N–H and O–H groups in total. The highest BCUT2D eigenvalue weighted by atomic mass is 16.5. The van der Waals surface area contributed by atoms with Crippen molar-refractivity contribution in [3.63, 3.8) is 0 Å². The van der Waals surface area contributed by atoms with Crippen LogP contribution in [0.2, 0.25) is 0 Å². The van der Waals surface area contributed by atoms with E-state index in [2.05, 4.69) is 23.6 Å². The molecule has 3 rings (SSSR count). The second-order valence-electron chi connectivity index (χ2n) is 7.49. The third-order valence-electron chi connectivity index (χ3n) is 5.26. The highest BCUT2D eigenvalue weighted by Crippen LogP contribution is 2.23. The van der Waals surface area contributed by atoms with Crippen molar-refractivity contribution < 1.29 is 14.6 Å². The summed E-state index contributed by atoms with van der Waals surface area (Å²) < 4.78 is 5.81. The van der Waals surface area contributed by atoms with Crippen LogP contribution in [0.15, 0.2) is 24.3 Å². The van der Waals surface area contributed by atoms with Crippen LogP contribution in [0.25, 0.3) is 0 Å². The molecule has 2 saturated heterocycles. The van der Waals surface area contributed by atoms with Crippen LogP contribution >= 0.6 is 0 Å². The number of carbonyl (C=O) groups excluding carboxylic acids is 1. The summed E-state index contributed by atoms with van der Waals surface area (Å²) in [6, 6.07) is 7.59. The van der Waals surface area contributed by atoms with Crippen molar-refractivity contribution in [2.75, 3.05) is 26.2 Å². The molecule has 2 aliphatic rings. The first-order valence-electron chi connectivity index (χ1n) is 9.47. The molecule has 0 unspecified atom stereocenters. The lowest BCUT2D eigenvalue weighted by atomic mass is 10.1. The molecule has 0 saturated carbocycles. The molecule has 1 amide bonds. The number of aryl methyl sites for hydroxylation is 1. The smallest absolute Gasteiger partial charge is 0.223 e. The van der Waals surface area contributed by atoms with Gasteiger partial charge in [0.15, 0.2) is 0 Å². The number of hydrogen-bond acceptors (Lipinski definition) is 4. The predicted octanol–water partition coefficient (Wildman–Crippen LogP) is 2.42. The Kier molecular flexibility index (Phi) is 5.97. The first-order chi connectivity index (χ1) is 12.0. The molecule has 5 heteroatoms. The average molecular weight is 346 g/mol. The van der Waals surface area contributed by atoms with Crippen LogP contribution < -0.4 is 0 Å². The number of ether oxygens (including phenoxy) is 1. The number of para-hydroxylation sites is 1. The van der Waals surface area contributed by atoms with E-state index >= 15 is 0 Å². The van der Waals surface area contributed by atoms with Gasteiger partial charge < -0.3 is 14.7 Å². The molecule has 0 radical (unpaired) electrons. The van der Waals surface area contributed by atoms with E-state index in [1.165, 1.54) is 0 Å². The van der Waals surface area contributed by atoms with Crippen molar-refractivity contribution >= 4 is 5.91 Å². The highest BCUT2D eigenvalue weighted by molar-refractivity contribution is 5.77. The van der Waals surface area contributed by atoms with E-state index in [1.807, 2.05) is 18.2 Å². The van der Waals surface area contributed by atoms with Gasteiger partial charge in [-0.25, -0.2) is 0 Å². The molecular weight excluding hydrogens is 316 g/mol. The summed E-state index contributed by atoms with van der Waals surface area (Å²) in [5, 5.41) is 9.86. The topological polar surface area (TPSA) is 53.0 Å². The number of rotatable bonds is 5. The monoisotopic (exact) mass is 346 g/mol. The lowest BCUT2D eigenvalue weighted by molar-refractivity contribution is -0.133. The zero-order valence-electron chi connectivity index (χ0n) is 15.4. The minimum Gasteiger partial charge on any atom is -0.508 e. The minimum absolute atomic E-state index is 0.208. The zero-order chi connectivity index (χ0) is 17.8. The SMILES string of the molecule is C[C@@H]1CN(C[C@H]2CCCN2C(=O)CCc2ccccc2O)C[C@H](C)O1. The van der Waals surface area contributed by atoms with Gasteiger partial charge in [-0.2, -0.15) is 0 Å². The Labute approximate surface area is 150 Å². The van der Waals surface area contributed by atoms with Gasteiger partial charge in [-0.15, -0.1) is 0 Å². The Hall–Kier alpha value is -1.59. The molecule has 2 aliphatic heterocycles. The molecule has 1 aromatic rings. The van der Waals surface area contributed by atoms with Gasteiger partial charge in [-0.1, -0.05) is 18.2 Å². The number of carbonyl (C=O) groups is 1. The molecule has 25 heavy (non-hydrogen) atoms. The molecule has 138 valence electrons. The number of likely N-dealkylation sites (tertiary alicyclic amines) is 1. The third kappa shape index (κ3) is 4.73. The quantitative estimate of drug-likeness (QED) is 0.890. The maximum atomic E-state index is 12.7. The van der Waals surface area contributed by atoms with E-state index in [-0.39, 0.29) is 23.9 Å². The summed E-state index contributed by atoms with van der Waals surface area (Å²) in [7, 11) is 0. The number of hydrogen-bond donors (Lipinski definition) is 1. The van der Waals surface area contributed by atoms with Gasteiger partial charge in [0.05, 0.1) is 12.2 Å². The molecule has 1 aromatic carbocycles. The summed E-state index contributed by atoms with van der Waals surface area (Å²) in [6.45, 7) is 7.93. The summed E-state index contributed by atoms with van der Waals surface area (Å²) in [4.78, 5) is 17.2. The normalized spacial score (nSPS) is 27.6. The molecule has 0 spiro atoms. The van der Waals surface area contributed by atoms with Crippen molar-refractivity contribution in [2.45, 2.75) is 57.8 Å². The van der Waals surface area contributed by atoms with Crippen molar-refractivity contribution in [3.05, 3.63) is 29.8 Å². The van der Waals surface area contributed by atoms with Crippen molar-refractivity contribution in [3.8, 4) is 5.75 Å². The Morgan fingerprint density at radius 2 is 1.96 bits per heavy atom. The molecule has 0 aromatic heterocycles. The third-order valence-corrected chi connectivity index (χ3v) is 5.26. The second kappa shape index (κ2) is 8.19. The van der Waals surface area contributed by atoms with E-state index < -0.39 is 0 Å². The summed E-state index contributed by atoms with van der Waals surface area (Å²) in [5.74, 6) is 0.490. The Balaban J connectivity index is 1.54. The van der Waals surface area contributed by atoms with E-state index in [1.54, 1.807) is 6.07 Å². The van der Waals surface area contributed by atoms with Crippen LogP contribution in [0.3, 0.4) is 0 Å². The number of benzene rings is 1. The van der Waals surface area contributed by atoms with E-state index in [0.29, 0.717) is 18.9 Å². The van der Waals surface area contributed by atoms with Crippen molar-refractivity contribution in [1.82, 2.24) is 9.80 Å². The zero-order valence-corrected chi connectivity index (χ0v) is 15.4. The first kappa shape index (κ1) is 18.2. The maximum absolute atomic E-state index is 12.7. The van der Waals surface area contributed by atoms with Crippen molar-refractivity contribution in [1.29, 1.82) is 0 Å². The van der Waals surface area contributed by atoms with Crippen LogP contribution in [-0.4, -0.2) is 65.2 Å². The van der Waals surface area contributed by atoms with Gasteiger partial charge in [0.2, 0.25) is 5.91 Å². The number of amides is 1. The molecule has 0 aliphatic carbocycles. The maximum Gasteiger partial charge on any atom is 0.223 e. The molecule has 5 nitrogen and oxygen atoms in total. The van der Waals surface area contributed by atoms with Gasteiger partial charge in [0.25, 0.3) is 0 Å². The highest BCUT2D eigenvalue weighted by Gasteiger charge is 2.32. The molecule has 2 fully saturated rings. The summed E-state index contributed by atoms with van der Waals surface area (Å²) >= 11 is 0. The van der Waals surface area contributed by atoms with Crippen molar-refractivity contribution in [2.24, 2.45) is 0 Å². The fourth-order valence-corrected chi connectivity index (χ4v) is 4.19. The molecular formula is C20H30N2O3. The second-order valence-corrected chi connectivity index (χ2v) is 7.49. The van der Waals surface area contributed by atoms with Crippen LogP contribution in [0.1, 0.15) is 38.7 Å². The lowest BCUT2D eigenvalue weighted by Gasteiger charge is -2.38. The van der Waals surface area contributed by atoms with Gasteiger partial charge >= 0.3 is 0 Å². The fraction of sp³-hybridized carbons (Fsp3) is 0.650. The Morgan fingerprint density at radius 1 is 1.24 bits per heavy atom. The fourth-order valence-electron chi connectivity index (χ4n) is 4.19. The lowest BCUT2D eigenvalue weighted by Crippen LogP contribution is -2.50. The standard InChI is InChI=1S/C20H30N2O3/c1-15-12-21(13-16(2)25-15)14-18-7-5-11-22(18)20(24)10-9-17-6-3-4-8-19(17)23/h3-4,6,8,15-16,18,23H,5,7,9-14H2,1-2H3/t15-,16+,18-/m1/s1. The summed E-state index contributed by atoms with van der Waals surface area (Å²) in [5.41, 5.74) is 0.849. The van der Waals surface area contributed by atoms with E-state index in [4.69, 9.17) is 4.74 Å². The molecule has 2 heterocycles.